The summed E-state index contributed by atoms with van der Waals surface area (Å²) in [6, 6.07) is 7.94. The molecule has 3 heteroatoms. The molecule has 0 saturated heterocycles. The minimum atomic E-state index is 0.0315. The van der Waals surface area contributed by atoms with Gasteiger partial charge in [-0.25, -0.2) is 0 Å². The second-order valence-electron chi connectivity index (χ2n) is 6.01. The highest BCUT2D eigenvalue weighted by molar-refractivity contribution is 5.77. The van der Waals surface area contributed by atoms with Crippen LogP contribution in [0.5, 0.6) is 5.75 Å². The Balaban J connectivity index is 2.10. The molecule has 1 aromatic rings. The molecule has 18 heavy (non-hydrogen) atoms. The van der Waals surface area contributed by atoms with Gasteiger partial charge in [-0.05, 0) is 11.5 Å². The van der Waals surface area contributed by atoms with Crippen LogP contribution in [0.25, 0.3) is 0 Å². The molecule has 0 fully saturated rings. The number of para-hydroxylation sites is 1. The van der Waals surface area contributed by atoms with Gasteiger partial charge in [0.1, 0.15) is 12.4 Å². The van der Waals surface area contributed by atoms with E-state index in [1.54, 1.807) is 0 Å². The lowest BCUT2D eigenvalue weighted by atomic mass is 9.91. The van der Waals surface area contributed by atoms with Gasteiger partial charge >= 0.3 is 0 Å². The van der Waals surface area contributed by atoms with Gasteiger partial charge in [0.25, 0.3) is 0 Å². The van der Waals surface area contributed by atoms with Crippen LogP contribution in [0, 0.1) is 5.41 Å². The van der Waals surface area contributed by atoms with Gasteiger partial charge in [-0.2, -0.15) is 0 Å². The molecule has 1 amide bonds. The van der Waals surface area contributed by atoms with E-state index in [9.17, 15) is 4.79 Å². The summed E-state index contributed by atoms with van der Waals surface area (Å²) in [6.07, 6.45) is 0.579. The Hall–Kier alpha value is -1.51. The molecule has 0 radical (unpaired) electrons. The summed E-state index contributed by atoms with van der Waals surface area (Å²) in [5.41, 5.74) is 1.13. The van der Waals surface area contributed by atoms with E-state index in [0.717, 1.165) is 11.3 Å². The van der Waals surface area contributed by atoms with Gasteiger partial charge < -0.3 is 9.64 Å². The van der Waals surface area contributed by atoms with Crippen molar-refractivity contribution in [3.05, 3.63) is 29.8 Å². The molecule has 2 rings (SSSR count). The van der Waals surface area contributed by atoms with Crippen molar-refractivity contribution in [1.82, 2.24) is 4.90 Å². The lowest BCUT2D eigenvalue weighted by molar-refractivity contribution is -0.133. The quantitative estimate of drug-likeness (QED) is 0.763. The molecule has 1 aliphatic rings. The third-order valence-corrected chi connectivity index (χ3v) is 2.99. The Morgan fingerprint density at radius 3 is 2.78 bits per heavy atom. The second-order valence-corrected chi connectivity index (χ2v) is 6.01. The number of hydrogen-bond acceptors (Lipinski definition) is 2. The number of carbonyl (C=O) groups excluding carboxylic acids is 1. The standard InChI is InChI=1S/C15H21NO2/c1-15(2,3)10-14(17)16-8-9-18-13-7-5-4-6-12(13)11-16/h4-7H,8-11H2,1-3H3. The summed E-state index contributed by atoms with van der Waals surface area (Å²) in [4.78, 5) is 14.1. The highest BCUT2D eigenvalue weighted by Gasteiger charge is 2.23. The number of amides is 1. The first-order valence-electron chi connectivity index (χ1n) is 6.44. The van der Waals surface area contributed by atoms with Crippen molar-refractivity contribution in [2.24, 2.45) is 5.41 Å². The molecular formula is C15H21NO2. The van der Waals surface area contributed by atoms with E-state index < -0.39 is 0 Å². The van der Waals surface area contributed by atoms with Crippen LogP contribution in [0.1, 0.15) is 32.8 Å². The summed E-state index contributed by atoms with van der Waals surface area (Å²) in [7, 11) is 0. The van der Waals surface area contributed by atoms with Gasteiger partial charge in [0.05, 0.1) is 6.54 Å². The summed E-state index contributed by atoms with van der Waals surface area (Å²) in [5, 5.41) is 0. The largest absolute Gasteiger partial charge is 0.491 e. The molecule has 0 unspecified atom stereocenters. The predicted molar refractivity (Wildman–Crippen MR) is 71.4 cm³/mol. The molecule has 3 nitrogen and oxygen atoms in total. The Morgan fingerprint density at radius 1 is 1.33 bits per heavy atom. The molecule has 1 aliphatic heterocycles. The molecule has 0 atom stereocenters. The average molecular weight is 247 g/mol. The molecule has 0 aromatic heterocycles. The minimum absolute atomic E-state index is 0.0315. The zero-order valence-electron chi connectivity index (χ0n) is 11.4. The summed E-state index contributed by atoms with van der Waals surface area (Å²) in [6.45, 7) is 8.18. The van der Waals surface area contributed by atoms with E-state index in [4.69, 9.17) is 4.74 Å². The highest BCUT2D eigenvalue weighted by atomic mass is 16.5. The van der Waals surface area contributed by atoms with Gasteiger partial charge in [0.2, 0.25) is 5.91 Å². The SMILES string of the molecule is CC(C)(C)CC(=O)N1CCOc2ccccc2C1. The lowest BCUT2D eigenvalue weighted by Crippen LogP contribution is -2.34. The number of hydrogen-bond donors (Lipinski definition) is 0. The fraction of sp³-hybridized carbons (Fsp3) is 0.533. The van der Waals surface area contributed by atoms with Crippen molar-refractivity contribution in [1.29, 1.82) is 0 Å². The third kappa shape index (κ3) is 3.25. The van der Waals surface area contributed by atoms with E-state index in [-0.39, 0.29) is 11.3 Å². The first-order chi connectivity index (χ1) is 8.46. The molecule has 0 spiro atoms. The van der Waals surface area contributed by atoms with Crippen molar-refractivity contribution < 1.29 is 9.53 Å². The Bertz CT molecular complexity index is 434. The molecular weight excluding hydrogens is 226 g/mol. The molecule has 0 N–H and O–H groups in total. The molecule has 1 aromatic carbocycles. The number of fused-ring (bicyclic) bond motifs is 1. The van der Waals surface area contributed by atoms with Gasteiger partial charge in [0, 0.05) is 18.5 Å². The number of benzene rings is 1. The molecule has 0 saturated carbocycles. The summed E-state index contributed by atoms with van der Waals surface area (Å²) >= 11 is 0. The number of rotatable bonds is 1. The van der Waals surface area contributed by atoms with E-state index in [1.807, 2.05) is 29.2 Å². The number of carbonyl (C=O) groups is 1. The Kier molecular flexibility index (Phi) is 3.60. The van der Waals surface area contributed by atoms with E-state index >= 15 is 0 Å². The smallest absolute Gasteiger partial charge is 0.223 e. The fourth-order valence-electron chi connectivity index (χ4n) is 2.10. The van der Waals surface area contributed by atoms with Crippen LogP contribution < -0.4 is 4.74 Å². The fourth-order valence-corrected chi connectivity index (χ4v) is 2.10. The zero-order chi connectivity index (χ0) is 13.2. The van der Waals surface area contributed by atoms with Gasteiger partial charge in [-0.3, -0.25) is 4.79 Å². The first-order valence-corrected chi connectivity index (χ1v) is 6.44. The monoisotopic (exact) mass is 247 g/mol. The normalized spacial score (nSPS) is 15.6. The van der Waals surface area contributed by atoms with Crippen LogP contribution in [0.3, 0.4) is 0 Å². The van der Waals surface area contributed by atoms with Crippen LogP contribution in [-0.2, 0) is 11.3 Å². The van der Waals surface area contributed by atoms with Crippen LogP contribution in [0.2, 0.25) is 0 Å². The van der Waals surface area contributed by atoms with Crippen LogP contribution >= 0.6 is 0 Å². The van der Waals surface area contributed by atoms with E-state index in [2.05, 4.69) is 20.8 Å². The molecule has 98 valence electrons. The van der Waals surface area contributed by atoms with Gasteiger partial charge in [-0.15, -0.1) is 0 Å². The van der Waals surface area contributed by atoms with E-state index in [0.29, 0.717) is 26.1 Å². The summed E-state index contributed by atoms with van der Waals surface area (Å²) in [5.74, 6) is 1.12. The van der Waals surface area contributed by atoms with Crippen molar-refractivity contribution in [3.63, 3.8) is 0 Å². The lowest BCUT2D eigenvalue weighted by Gasteiger charge is -2.25. The second kappa shape index (κ2) is 5.01. The van der Waals surface area contributed by atoms with Crippen LogP contribution in [-0.4, -0.2) is 24.0 Å². The van der Waals surface area contributed by atoms with Gasteiger partial charge in [-0.1, -0.05) is 39.0 Å². The van der Waals surface area contributed by atoms with Crippen molar-refractivity contribution in [3.8, 4) is 5.75 Å². The van der Waals surface area contributed by atoms with Crippen LogP contribution in [0.4, 0.5) is 0 Å². The number of ether oxygens (including phenoxy) is 1. The Morgan fingerprint density at radius 2 is 2.06 bits per heavy atom. The van der Waals surface area contributed by atoms with Gasteiger partial charge in [0.15, 0.2) is 0 Å². The average Bonchev–Trinajstić information content (AvgIpc) is 2.48. The zero-order valence-corrected chi connectivity index (χ0v) is 11.4. The van der Waals surface area contributed by atoms with Crippen molar-refractivity contribution >= 4 is 5.91 Å². The summed E-state index contributed by atoms with van der Waals surface area (Å²) < 4.78 is 5.67. The maximum absolute atomic E-state index is 12.2. The maximum Gasteiger partial charge on any atom is 0.223 e. The minimum Gasteiger partial charge on any atom is -0.491 e. The highest BCUT2D eigenvalue weighted by Crippen LogP contribution is 2.25. The van der Waals surface area contributed by atoms with Crippen LogP contribution in [0.15, 0.2) is 24.3 Å². The van der Waals surface area contributed by atoms with Crippen molar-refractivity contribution in [2.45, 2.75) is 33.7 Å². The van der Waals surface area contributed by atoms with E-state index in [1.165, 1.54) is 0 Å². The Labute approximate surface area is 109 Å². The van der Waals surface area contributed by atoms with Crippen molar-refractivity contribution in [2.75, 3.05) is 13.2 Å². The number of nitrogens with zero attached hydrogens (tertiary/aromatic N) is 1. The maximum atomic E-state index is 12.2. The predicted octanol–water partition coefficient (Wildman–Crippen LogP) is 2.84. The molecule has 1 heterocycles. The third-order valence-electron chi connectivity index (χ3n) is 2.99. The topological polar surface area (TPSA) is 29.5 Å². The molecule has 0 aliphatic carbocycles. The first kappa shape index (κ1) is 12.9. The molecule has 0 bridgehead atoms.